The second kappa shape index (κ2) is 13.6. The van der Waals surface area contributed by atoms with Crippen molar-refractivity contribution in [1.29, 1.82) is 0 Å². The number of carbonyl (C=O) groups excluding carboxylic acids is 1. The first-order chi connectivity index (χ1) is 18.9. The second-order valence-electron chi connectivity index (χ2n) is 8.79. The van der Waals surface area contributed by atoms with E-state index in [0.717, 1.165) is 10.0 Å². The fourth-order valence-corrected chi connectivity index (χ4v) is 5.14. The molecule has 1 heterocycles. The minimum Gasteiger partial charge on any atom is -0.494 e. The first kappa shape index (κ1) is 29.3. The Hall–Kier alpha value is -2.69. The molecule has 206 valence electrons. The molecule has 3 aromatic rings. The third kappa shape index (κ3) is 6.91. The van der Waals surface area contributed by atoms with Gasteiger partial charge in [-0.25, -0.2) is 14.8 Å². The van der Waals surface area contributed by atoms with Crippen molar-refractivity contribution >= 4 is 50.9 Å². The van der Waals surface area contributed by atoms with Crippen LogP contribution < -0.4 is 15.6 Å². The molecular formula is C28H27BrCl2FN3O4. The van der Waals surface area contributed by atoms with Gasteiger partial charge in [0.05, 0.1) is 6.61 Å². The molecule has 7 nitrogen and oxygen atoms in total. The number of alkyl halides is 1. The summed E-state index contributed by atoms with van der Waals surface area (Å²) in [5.41, 5.74) is 5.67. The number of halogens is 4. The maximum Gasteiger partial charge on any atom is 0.266 e. The highest BCUT2D eigenvalue weighted by molar-refractivity contribution is 9.10. The van der Waals surface area contributed by atoms with E-state index in [1.807, 2.05) is 24.3 Å². The van der Waals surface area contributed by atoms with Crippen LogP contribution in [-0.2, 0) is 16.0 Å². The van der Waals surface area contributed by atoms with E-state index in [4.69, 9.17) is 42.8 Å². The molecule has 1 aliphatic heterocycles. The van der Waals surface area contributed by atoms with Gasteiger partial charge in [0.2, 0.25) is 5.90 Å². The van der Waals surface area contributed by atoms with Crippen molar-refractivity contribution in [3.05, 3.63) is 97.9 Å². The SMILES string of the molecule is O=C(NNCCF)[C@@]1(Cc2ccccc2Br)N=C(c2ccc(OCCCO)cc2)O[C@H]1c1ccc(Cl)cc1Cl. The first-order valence-electron chi connectivity index (χ1n) is 12.3. The van der Waals surface area contributed by atoms with Crippen LogP contribution in [0.3, 0.4) is 0 Å². The summed E-state index contributed by atoms with van der Waals surface area (Å²) in [5, 5.41) is 9.74. The summed E-state index contributed by atoms with van der Waals surface area (Å²) in [6, 6.07) is 19.6. The zero-order valence-electron chi connectivity index (χ0n) is 20.8. The molecule has 39 heavy (non-hydrogen) atoms. The number of ether oxygens (including phenoxy) is 2. The molecule has 0 saturated carbocycles. The summed E-state index contributed by atoms with van der Waals surface area (Å²) >= 11 is 16.4. The van der Waals surface area contributed by atoms with Crippen molar-refractivity contribution in [2.45, 2.75) is 24.5 Å². The van der Waals surface area contributed by atoms with Gasteiger partial charge in [0, 0.05) is 51.6 Å². The lowest BCUT2D eigenvalue weighted by Gasteiger charge is -2.31. The van der Waals surface area contributed by atoms with E-state index in [1.165, 1.54) is 0 Å². The van der Waals surface area contributed by atoms with Crippen molar-refractivity contribution < 1.29 is 23.8 Å². The van der Waals surface area contributed by atoms with Gasteiger partial charge in [0.1, 0.15) is 12.4 Å². The molecule has 0 unspecified atom stereocenters. The van der Waals surface area contributed by atoms with E-state index >= 15 is 0 Å². The van der Waals surface area contributed by atoms with Gasteiger partial charge in [-0.2, -0.15) is 0 Å². The van der Waals surface area contributed by atoms with Gasteiger partial charge in [0.25, 0.3) is 5.91 Å². The Balaban J connectivity index is 1.80. The molecule has 0 bridgehead atoms. The summed E-state index contributed by atoms with van der Waals surface area (Å²) in [6.45, 7) is -0.315. The normalized spacial score (nSPS) is 18.4. The Morgan fingerprint density at radius 1 is 1.15 bits per heavy atom. The number of aliphatic hydroxyl groups excluding tert-OH is 1. The average molecular weight is 639 g/mol. The van der Waals surface area contributed by atoms with Crippen LogP contribution in [0.2, 0.25) is 10.0 Å². The molecule has 3 N–H and O–H groups in total. The number of hydrogen-bond acceptors (Lipinski definition) is 6. The molecule has 11 heteroatoms. The lowest BCUT2D eigenvalue weighted by Crippen LogP contribution is -2.54. The predicted octanol–water partition coefficient (Wildman–Crippen LogP) is 5.61. The number of carbonyl (C=O) groups is 1. The number of benzene rings is 3. The summed E-state index contributed by atoms with van der Waals surface area (Å²) in [6.07, 6.45) is -0.269. The molecule has 0 saturated heterocycles. The van der Waals surface area contributed by atoms with E-state index in [9.17, 15) is 9.18 Å². The molecule has 4 rings (SSSR count). The van der Waals surface area contributed by atoms with Crippen LogP contribution in [0.15, 0.2) is 76.2 Å². The van der Waals surface area contributed by atoms with Crippen LogP contribution in [0.5, 0.6) is 5.75 Å². The Kier molecular flexibility index (Phi) is 10.2. The molecule has 0 fully saturated rings. The quantitative estimate of drug-likeness (QED) is 0.177. The largest absolute Gasteiger partial charge is 0.494 e. The van der Waals surface area contributed by atoms with Gasteiger partial charge in [-0.1, -0.05) is 63.4 Å². The smallest absolute Gasteiger partial charge is 0.266 e. The van der Waals surface area contributed by atoms with E-state index in [-0.39, 0.29) is 25.5 Å². The molecule has 0 aliphatic carbocycles. The van der Waals surface area contributed by atoms with Crippen molar-refractivity contribution in [1.82, 2.24) is 10.9 Å². The van der Waals surface area contributed by atoms with E-state index in [2.05, 4.69) is 26.8 Å². The monoisotopic (exact) mass is 637 g/mol. The van der Waals surface area contributed by atoms with Gasteiger partial charge in [-0.15, -0.1) is 0 Å². The first-order valence-corrected chi connectivity index (χ1v) is 13.8. The van der Waals surface area contributed by atoms with Crippen molar-refractivity contribution in [2.75, 3.05) is 26.4 Å². The Morgan fingerprint density at radius 2 is 1.92 bits per heavy atom. The number of nitrogens with zero attached hydrogens (tertiary/aromatic N) is 1. The van der Waals surface area contributed by atoms with E-state index < -0.39 is 24.2 Å². The molecular weight excluding hydrogens is 612 g/mol. The third-order valence-electron chi connectivity index (χ3n) is 6.11. The number of nitrogens with one attached hydrogen (secondary N) is 2. The number of aliphatic hydroxyl groups is 1. The van der Waals surface area contributed by atoms with Gasteiger partial charge in [0.15, 0.2) is 11.6 Å². The van der Waals surface area contributed by atoms with Crippen molar-refractivity contribution in [2.24, 2.45) is 4.99 Å². The number of amides is 1. The molecule has 0 radical (unpaired) electrons. The number of rotatable bonds is 12. The Bertz CT molecular complexity index is 1330. The highest BCUT2D eigenvalue weighted by Gasteiger charge is 2.54. The van der Waals surface area contributed by atoms with Crippen molar-refractivity contribution in [3.63, 3.8) is 0 Å². The van der Waals surface area contributed by atoms with E-state index in [0.29, 0.717) is 39.9 Å². The van der Waals surface area contributed by atoms with Crippen LogP contribution in [0, 0.1) is 0 Å². The number of hydrazine groups is 1. The zero-order valence-corrected chi connectivity index (χ0v) is 23.9. The van der Waals surface area contributed by atoms with Gasteiger partial charge in [-0.3, -0.25) is 10.2 Å². The number of aliphatic imine (C=N–C) groups is 1. The zero-order chi connectivity index (χ0) is 27.8. The summed E-state index contributed by atoms with van der Waals surface area (Å²) in [4.78, 5) is 18.8. The lowest BCUT2D eigenvalue weighted by molar-refractivity contribution is -0.130. The van der Waals surface area contributed by atoms with Crippen LogP contribution in [0.25, 0.3) is 0 Å². The predicted molar refractivity (Wildman–Crippen MR) is 153 cm³/mol. The van der Waals surface area contributed by atoms with Gasteiger partial charge < -0.3 is 14.6 Å². The third-order valence-corrected chi connectivity index (χ3v) is 7.45. The maximum atomic E-state index is 13.9. The van der Waals surface area contributed by atoms with Crippen LogP contribution in [-0.4, -0.2) is 48.9 Å². The average Bonchev–Trinajstić information content (AvgIpc) is 3.31. The highest BCUT2D eigenvalue weighted by atomic mass is 79.9. The van der Waals surface area contributed by atoms with Gasteiger partial charge in [-0.05, 0) is 48.0 Å². The fraction of sp³-hybridized carbons (Fsp3) is 0.286. The van der Waals surface area contributed by atoms with Crippen molar-refractivity contribution in [3.8, 4) is 5.75 Å². The van der Waals surface area contributed by atoms with Gasteiger partial charge >= 0.3 is 0 Å². The fourth-order valence-electron chi connectivity index (χ4n) is 4.20. The summed E-state index contributed by atoms with van der Waals surface area (Å²) < 4.78 is 25.7. The van der Waals surface area contributed by atoms with Crippen LogP contribution in [0.4, 0.5) is 4.39 Å². The molecule has 2 atom stereocenters. The second-order valence-corrected chi connectivity index (χ2v) is 10.5. The standard InChI is InChI=1S/C28H27BrCl2FN3O4/c29-23-5-2-1-4-19(23)17-28(27(37)35-33-13-12-32)25(22-11-8-20(30)16-24(22)31)39-26(34-28)18-6-9-21(10-7-18)38-15-3-14-36/h1-2,4-11,16,25,33,36H,3,12-15,17H2,(H,35,37)/t25-,28-/m0/s1. The van der Waals surface area contributed by atoms with Crippen LogP contribution in [0.1, 0.15) is 29.2 Å². The summed E-state index contributed by atoms with van der Waals surface area (Å²) in [7, 11) is 0. The molecule has 1 amide bonds. The van der Waals surface area contributed by atoms with E-state index in [1.54, 1.807) is 42.5 Å². The molecule has 0 aromatic heterocycles. The molecule has 1 aliphatic rings. The molecule has 0 spiro atoms. The summed E-state index contributed by atoms with van der Waals surface area (Å²) in [5.74, 6) is 0.345. The minimum atomic E-state index is -1.52. The minimum absolute atomic E-state index is 0.0409. The van der Waals surface area contributed by atoms with Crippen LogP contribution >= 0.6 is 39.1 Å². The lowest BCUT2D eigenvalue weighted by atomic mass is 9.82. The number of hydrogen-bond donors (Lipinski definition) is 3. The topological polar surface area (TPSA) is 92.2 Å². The Labute approximate surface area is 244 Å². The maximum absolute atomic E-state index is 13.9. The Morgan fingerprint density at radius 3 is 2.62 bits per heavy atom. The molecule has 3 aromatic carbocycles. The highest BCUT2D eigenvalue weighted by Crippen LogP contribution is 2.45.